The highest BCUT2D eigenvalue weighted by Crippen LogP contribution is 2.24. The van der Waals surface area contributed by atoms with Crippen LogP contribution < -0.4 is 0 Å². The second-order valence-electron chi connectivity index (χ2n) is 2.88. The molecule has 1 saturated carbocycles. The third-order valence-electron chi connectivity index (χ3n) is 1.91. The van der Waals surface area contributed by atoms with Crippen LogP contribution in [-0.4, -0.2) is 18.2 Å². The molecule has 1 rings (SSSR count). The van der Waals surface area contributed by atoms with Gasteiger partial charge in [0.05, 0.1) is 0 Å². The van der Waals surface area contributed by atoms with E-state index in [0.717, 1.165) is 0 Å². The zero-order chi connectivity index (χ0) is 8.27. The molecule has 1 fully saturated rings. The van der Waals surface area contributed by atoms with Crippen molar-refractivity contribution in [2.75, 3.05) is 0 Å². The molecule has 1 aliphatic carbocycles. The molecule has 0 N–H and O–H groups in total. The number of rotatable bonds is 2. The molecule has 0 spiro atoms. The fourth-order valence-corrected chi connectivity index (χ4v) is 1.26. The maximum Gasteiger partial charge on any atom is 0.305 e. The molecule has 2 unspecified atom stereocenters. The van der Waals surface area contributed by atoms with Crippen molar-refractivity contribution < 1.29 is 13.9 Å². The smallest absolute Gasteiger partial charge is 0.305 e. The van der Waals surface area contributed by atoms with Crippen molar-refractivity contribution in [1.82, 2.24) is 0 Å². The van der Waals surface area contributed by atoms with Crippen LogP contribution in [0.4, 0.5) is 4.39 Å². The lowest BCUT2D eigenvalue weighted by Gasteiger charge is -2.09. The Hall–Kier alpha value is -0.600. The average Bonchev–Trinajstić information content (AvgIpc) is 2.35. The number of alkyl halides is 1. The van der Waals surface area contributed by atoms with E-state index in [1.54, 1.807) is 6.92 Å². The van der Waals surface area contributed by atoms with Gasteiger partial charge < -0.3 is 4.74 Å². The molecule has 64 valence electrons. The van der Waals surface area contributed by atoms with Crippen molar-refractivity contribution in [1.29, 1.82) is 0 Å². The van der Waals surface area contributed by atoms with Gasteiger partial charge in [0.2, 0.25) is 0 Å². The van der Waals surface area contributed by atoms with Crippen molar-refractivity contribution in [3.8, 4) is 0 Å². The van der Waals surface area contributed by atoms with Crippen molar-refractivity contribution in [3.05, 3.63) is 0 Å². The first kappa shape index (κ1) is 8.50. The highest BCUT2D eigenvalue weighted by atomic mass is 19.1. The first-order chi connectivity index (χ1) is 5.22. The van der Waals surface area contributed by atoms with Gasteiger partial charge >= 0.3 is 5.97 Å². The summed E-state index contributed by atoms with van der Waals surface area (Å²) in [6.07, 6.45) is 1.09. The van der Waals surface area contributed by atoms with Crippen LogP contribution in [-0.2, 0) is 9.53 Å². The number of hydrogen-bond donors (Lipinski definition) is 0. The molecule has 0 aliphatic heterocycles. The van der Waals surface area contributed by atoms with E-state index in [9.17, 15) is 9.18 Å². The molecular weight excluding hydrogens is 147 g/mol. The highest BCUT2D eigenvalue weighted by molar-refractivity contribution is 5.69. The third-order valence-corrected chi connectivity index (χ3v) is 1.91. The summed E-state index contributed by atoms with van der Waals surface area (Å²) in [5, 5.41) is 0. The number of halogens is 1. The van der Waals surface area contributed by atoms with Gasteiger partial charge in [0.25, 0.3) is 0 Å². The normalized spacial score (nSPS) is 30.4. The van der Waals surface area contributed by atoms with E-state index >= 15 is 0 Å². The van der Waals surface area contributed by atoms with E-state index in [0.29, 0.717) is 25.7 Å². The molecule has 0 aromatic heterocycles. The van der Waals surface area contributed by atoms with Crippen LogP contribution in [0.25, 0.3) is 0 Å². The van der Waals surface area contributed by atoms with Gasteiger partial charge in [-0.3, -0.25) is 4.79 Å². The fourth-order valence-electron chi connectivity index (χ4n) is 1.26. The zero-order valence-electron chi connectivity index (χ0n) is 6.68. The fraction of sp³-hybridized carbons (Fsp3) is 0.875. The Morgan fingerprint density at radius 2 is 2.36 bits per heavy atom. The van der Waals surface area contributed by atoms with E-state index < -0.39 is 6.17 Å². The lowest BCUT2D eigenvalue weighted by Crippen LogP contribution is -2.14. The summed E-state index contributed by atoms with van der Waals surface area (Å²) in [4.78, 5) is 10.7. The Morgan fingerprint density at radius 3 is 2.82 bits per heavy atom. The molecule has 1 aliphatic rings. The largest absolute Gasteiger partial charge is 0.462 e. The van der Waals surface area contributed by atoms with Crippen LogP contribution in [0.3, 0.4) is 0 Å². The molecule has 2 atom stereocenters. The molecule has 11 heavy (non-hydrogen) atoms. The highest BCUT2D eigenvalue weighted by Gasteiger charge is 2.26. The first-order valence-electron chi connectivity index (χ1n) is 4.06. The third kappa shape index (κ3) is 2.48. The molecule has 0 radical (unpaired) electrons. The SMILES string of the molecule is CCC(=O)OC1CCC(F)C1. The molecule has 0 saturated heterocycles. The monoisotopic (exact) mass is 160 g/mol. The topological polar surface area (TPSA) is 26.3 Å². The van der Waals surface area contributed by atoms with Gasteiger partial charge in [-0.05, 0) is 12.8 Å². The average molecular weight is 160 g/mol. The van der Waals surface area contributed by atoms with Crippen LogP contribution in [0.1, 0.15) is 32.6 Å². The number of hydrogen-bond acceptors (Lipinski definition) is 2. The van der Waals surface area contributed by atoms with Crippen molar-refractivity contribution in [2.24, 2.45) is 0 Å². The predicted molar refractivity (Wildman–Crippen MR) is 38.9 cm³/mol. The maximum absolute atomic E-state index is 12.5. The Labute approximate surface area is 65.7 Å². The molecule has 0 bridgehead atoms. The summed E-state index contributed by atoms with van der Waals surface area (Å²) in [7, 11) is 0. The summed E-state index contributed by atoms with van der Waals surface area (Å²) in [6, 6.07) is 0. The Bertz CT molecular complexity index is 147. The molecule has 0 heterocycles. The maximum atomic E-state index is 12.5. The van der Waals surface area contributed by atoms with E-state index in [-0.39, 0.29) is 12.1 Å². The number of esters is 1. The molecule has 3 heteroatoms. The van der Waals surface area contributed by atoms with Crippen molar-refractivity contribution in [3.63, 3.8) is 0 Å². The van der Waals surface area contributed by atoms with E-state index in [1.165, 1.54) is 0 Å². The summed E-state index contributed by atoms with van der Waals surface area (Å²) < 4.78 is 17.5. The quantitative estimate of drug-likeness (QED) is 0.576. The summed E-state index contributed by atoms with van der Waals surface area (Å²) >= 11 is 0. The number of ether oxygens (including phenoxy) is 1. The Balaban J connectivity index is 2.23. The zero-order valence-corrected chi connectivity index (χ0v) is 6.68. The van der Waals surface area contributed by atoms with Gasteiger partial charge in [-0.1, -0.05) is 6.92 Å². The van der Waals surface area contributed by atoms with E-state index in [1.807, 2.05) is 0 Å². The van der Waals surface area contributed by atoms with Gasteiger partial charge in [0.15, 0.2) is 0 Å². The molecule has 0 aromatic rings. The number of carbonyl (C=O) groups is 1. The van der Waals surface area contributed by atoms with Crippen LogP contribution in [0, 0.1) is 0 Å². The van der Waals surface area contributed by atoms with Gasteiger partial charge in [-0.25, -0.2) is 4.39 Å². The van der Waals surface area contributed by atoms with Crippen LogP contribution >= 0.6 is 0 Å². The Kier molecular flexibility index (Phi) is 2.85. The van der Waals surface area contributed by atoms with E-state index in [2.05, 4.69) is 0 Å². The second-order valence-corrected chi connectivity index (χ2v) is 2.88. The first-order valence-corrected chi connectivity index (χ1v) is 4.06. The second kappa shape index (κ2) is 3.69. The van der Waals surface area contributed by atoms with Gasteiger partial charge in [0.1, 0.15) is 12.3 Å². The minimum atomic E-state index is -0.760. The summed E-state index contributed by atoms with van der Waals surface area (Å²) in [5.74, 6) is -0.218. The van der Waals surface area contributed by atoms with Gasteiger partial charge in [-0.2, -0.15) is 0 Å². The molecule has 2 nitrogen and oxygen atoms in total. The van der Waals surface area contributed by atoms with Crippen LogP contribution in [0.5, 0.6) is 0 Å². The van der Waals surface area contributed by atoms with Crippen molar-refractivity contribution >= 4 is 5.97 Å². The number of carbonyl (C=O) groups excluding carboxylic acids is 1. The van der Waals surface area contributed by atoms with Gasteiger partial charge in [-0.15, -0.1) is 0 Å². The summed E-state index contributed by atoms with van der Waals surface area (Å²) in [5.41, 5.74) is 0. The standard InChI is InChI=1S/C8H13FO2/c1-2-8(10)11-7-4-3-6(9)5-7/h6-7H,2-5H2,1H3. The van der Waals surface area contributed by atoms with Gasteiger partial charge in [0, 0.05) is 12.8 Å². The minimum Gasteiger partial charge on any atom is -0.462 e. The van der Waals surface area contributed by atoms with Crippen molar-refractivity contribution in [2.45, 2.75) is 44.9 Å². The van der Waals surface area contributed by atoms with Crippen LogP contribution in [0.15, 0.2) is 0 Å². The van der Waals surface area contributed by atoms with E-state index in [4.69, 9.17) is 4.74 Å². The summed E-state index contributed by atoms with van der Waals surface area (Å²) in [6.45, 7) is 1.74. The van der Waals surface area contributed by atoms with Crippen LogP contribution in [0.2, 0.25) is 0 Å². The Morgan fingerprint density at radius 1 is 1.64 bits per heavy atom. The molecule has 0 amide bonds. The lowest BCUT2D eigenvalue weighted by atomic mass is 10.3. The lowest BCUT2D eigenvalue weighted by molar-refractivity contribution is -0.148. The minimum absolute atomic E-state index is 0.155. The predicted octanol–water partition coefficient (Wildman–Crippen LogP) is 1.83. The molecular formula is C8H13FO2. The molecule has 0 aromatic carbocycles.